The molecule has 0 aliphatic heterocycles. The van der Waals surface area contributed by atoms with E-state index < -0.39 is 18.1 Å². The fourth-order valence-electron chi connectivity index (χ4n) is 1.37. The average Bonchev–Trinajstić information content (AvgIpc) is 2.37. The third kappa shape index (κ3) is 5.71. The van der Waals surface area contributed by atoms with E-state index in [1.807, 2.05) is 6.07 Å². The minimum atomic E-state index is -0.972. The molecule has 0 aliphatic rings. The maximum atomic E-state index is 11.6. The van der Waals surface area contributed by atoms with Crippen molar-refractivity contribution in [3.8, 4) is 0 Å². The number of carboxylic acids is 1. The quantitative estimate of drug-likeness (QED) is 0.745. The highest BCUT2D eigenvalue weighted by atomic mass is 79.9. The molecule has 104 valence electrons. The SMILES string of the molecule is COC(CNC(=O)Nc1ccccc1Br)CC(=O)O. The van der Waals surface area contributed by atoms with Crippen LogP contribution < -0.4 is 10.6 Å². The van der Waals surface area contributed by atoms with E-state index in [0.29, 0.717) is 5.69 Å². The number of ether oxygens (including phenoxy) is 1. The summed E-state index contributed by atoms with van der Waals surface area (Å²) in [4.78, 5) is 22.2. The Labute approximate surface area is 119 Å². The first-order chi connectivity index (χ1) is 9.02. The molecule has 0 spiro atoms. The van der Waals surface area contributed by atoms with Crippen molar-refractivity contribution < 1.29 is 19.4 Å². The van der Waals surface area contributed by atoms with E-state index in [2.05, 4.69) is 26.6 Å². The first-order valence-corrected chi connectivity index (χ1v) is 6.36. The van der Waals surface area contributed by atoms with Crippen LogP contribution in [0.4, 0.5) is 10.5 Å². The van der Waals surface area contributed by atoms with Gasteiger partial charge >= 0.3 is 12.0 Å². The number of carbonyl (C=O) groups is 2. The Morgan fingerprint density at radius 1 is 1.42 bits per heavy atom. The Morgan fingerprint density at radius 2 is 2.11 bits per heavy atom. The minimum Gasteiger partial charge on any atom is -0.481 e. The number of urea groups is 1. The molecule has 1 atom stereocenters. The van der Waals surface area contributed by atoms with E-state index in [-0.39, 0.29) is 13.0 Å². The molecule has 7 heteroatoms. The second-order valence-corrected chi connectivity index (χ2v) is 4.62. The van der Waals surface area contributed by atoms with Crippen LogP contribution >= 0.6 is 15.9 Å². The van der Waals surface area contributed by atoms with Gasteiger partial charge in [-0.3, -0.25) is 4.79 Å². The monoisotopic (exact) mass is 330 g/mol. The molecule has 1 aromatic rings. The van der Waals surface area contributed by atoms with Gasteiger partial charge in [-0.05, 0) is 28.1 Å². The van der Waals surface area contributed by atoms with E-state index in [1.165, 1.54) is 7.11 Å². The van der Waals surface area contributed by atoms with Crippen molar-refractivity contribution in [2.75, 3.05) is 19.0 Å². The lowest BCUT2D eigenvalue weighted by atomic mass is 10.2. The number of halogens is 1. The average molecular weight is 331 g/mol. The number of rotatable bonds is 6. The maximum Gasteiger partial charge on any atom is 0.319 e. The van der Waals surface area contributed by atoms with Gasteiger partial charge in [-0.15, -0.1) is 0 Å². The molecule has 0 heterocycles. The molecule has 0 aliphatic carbocycles. The number of aliphatic carboxylic acids is 1. The lowest BCUT2D eigenvalue weighted by molar-refractivity contribution is -0.139. The molecule has 6 nitrogen and oxygen atoms in total. The molecule has 1 rings (SSSR count). The molecule has 19 heavy (non-hydrogen) atoms. The predicted molar refractivity (Wildman–Crippen MR) is 74.2 cm³/mol. The minimum absolute atomic E-state index is 0.124. The number of hydrogen-bond donors (Lipinski definition) is 3. The topological polar surface area (TPSA) is 87.7 Å². The van der Waals surface area contributed by atoms with Gasteiger partial charge in [0.15, 0.2) is 0 Å². The van der Waals surface area contributed by atoms with Gasteiger partial charge in [0.1, 0.15) is 0 Å². The largest absolute Gasteiger partial charge is 0.481 e. The molecule has 3 N–H and O–H groups in total. The molecule has 0 saturated heterocycles. The van der Waals surface area contributed by atoms with Crippen molar-refractivity contribution >= 4 is 33.6 Å². The Morgan fingerprint density at radius 3 is 2.68 bits per heavy atom. The van der Waals surface area contributed by atoms with Crippen LogP contribution in [0, 0.1) is 0 Å². The van der Waals surface area contributed by atoms with E-state index in [0.717, 1.165) is 4.47 Å². The van der Waals surface area contributed by atoms with E-state index in [4.69, 9.17) is 9.84 Å². The molecular weight excluding hydrogens is 316 g/mol. The molecule has 1 unspecified atom stereocenters. The van der Waals surface area contributed by atoms with Gasteiger partial charge in [0, 0.05) is 18.1 Å². The van der Waals surface area contributed by atoms with Crippen LogP contribution in [0.2, 0.25) is 0 Å². The zero-order chi connectivity index (χ0) is 14.3. The summed E-state index contributed by atoms with van der Waals surface area (Å²) < 4.78 is 5.72. The van der Waals surface area contributed by atoms with Crippen molar-refractivity contribution in [3.05, 3.63) is 28.7 Å². The summed E-state index contributed by atoms with van der Waals surface area (Å²) in [7, 11) is 1.40. The van der Waals surface area contributed by atoms with Crippen LogP contribution in [0.1, 0.15) is 6.42 Å². The number of anilines is 1. The number of methoxy groups -OCH3 is 1. The van der Waals surface area contributed by atoms with Gasteiger partial charge in [-0.25, -0.2) is 4.79 Å². The Bertz CT molecular complexity index is 453. The zero-order valence-electron chi connectivity index (χ0n) is 10.4. The van der Waals surface area contributed by atoms with Crippen molar-refractivity contribution in [2.45, 2.75) is 12.5 Å². The van der Waals surface area contributed by atoms with E-state index >= 15 is 0 Å². The van der Waals surface area contributed by atoms with E-state index in [9.17, 15) is 9.59 Å². The Balaban J connectivity index is 2.43. The number of benzene rings is 1. The third-order valence-electron chi connectivity index (χ3n) is 2.35. The van der Waals surface area contributed by atoms with Gasteiger partial charge in [-0.1, -0.05) is 12.1 Å². The van der Waals surface area contributed by atoms with Gasteiger partial charge < -0.3 is 20.5 Å². The summed E-state index contributed by atoms with van der Waals surface area (Å²) in [6, 6.07) is 6.76. The fourth-order valence-corrected chi connectivity index (χ4v) is 1.75. The molecule has 0 radical (unpaired) electrons. The second kappa shape index (κ2) is 7.75. The smallest absolute Gasteiger partial charge is 0.319 e. The standard InChI is InChI=1S/C12H15BrN2O4/c1-19-8(6-11(16)17)7-14-12(18)15-10-5-3-2-4-9(10)13/h2-5,8H,6-7H2,1H3,(H,16,17)(H2,14,15,18). The van der Waals surface area contributed by atoms with Crippen LogP contribution in [0.5, 0.6) is 0 Å². The molecule has 0 saturated carbocycles. The fraction of sp³-hybridized carbons (Fsp3) is 0.333. The predicted octanol–water partition coefficient (Wildman–Crippen LogP) is 2.06. The highest BCUT2D eigenvalue weighted by Crippen LogP contribution is 2.20. The summed E-state index contributed by atoms with van der Waals surface area (Å²) in [6.07, 6.45) is -0.714. The Hall–Kier alpha value is -1.60. The highest BCUT2D eigenvalue weighted by molar-refractivity contribution is 9.10. The number of nitrogens with one attached hydrogen (secondary N) is 2. The summed E-state index contributed by atoms with van der Waals surface area (Å²) in [5.41, 5.74) is 0.632. The summed E-state index contributed by atoms with van der Waals surface area (Å²) in [5.74, 6) is -0.972. The van der Waals surface area contributed by atoms with Gasteiger partial charge in [0.25, 0.3) is 0 Å². The van der Waals surface area contributed by atoms with Crippen LogP contribution in [0.3, 0.4) is 0 Å². The molecule has 0 fully saturated rings. The molecule has 1 aromatic carbocycles. The second-order valence-electron chi connectivity index (χ2n) is 3.77. The number of amides is 2. The molecule has 0 aromatic heterocycles. The lowest BCUT2D eigenvalue weighted by Crippen LogP contribution is -2.37. The third-order valence-corrected chi connectivity index (χ3v) is 3.04. The first kappa shape index (κ1) is 15.5. The zero-order valence-corrected chi connectivity index (χ0v) is 11.9. The molecule has 2 amide bonds. The summed E-state index contributed by atoms with van der Waals surface area (Å²) >= 11 is 3.31. The number of para-hydroxylation sites is 1. The lowest BCUT2D eigenvalue weighted by Gasteiger charge is -2.14. The highest BCUT2D eigenvalue weighted by Gasteiger charge is 2.13. The van der Waals surface area contributed by atoms with Crippen LogP contribution in [0.15, 0.2) is 28.7 Å². The van der Waals surface area contributed by atoms with Crippen molar-refractivity contribution in [1.29, 1.82) is 0 Å². The van der Waals surface area contributed by atoms with E-state index in [1.54, 1.807) is 18.2 Å². The summed E-state index contributed by atoms with van der Waals surface area (Å²) in [6.45, 7) is 0.124. The summed E-state index contributed by atoms with van der Waals surface area (Å²) in [5, 5.41) is 13.8. The Kier molecular flexibility index (Phi) is 6.31. The van der Waals surface area contributed by atoms with Crippen LogP contribution in [-0.2, 0) is 9.53 Å². The first-order valence-electron chi connectivity index (χ1n) is 5.57. The van der Waals surface area contributed by atoms with Crippen molar-refractivity contribution in [2.24, 2.45) is 0 Å². The van der Waals surface area contributed by atoms with Crippen LogP contribution in [-0.4, -0.2) is 36.9 Å². The normalized spacial score (nSPS) is 11.7. The van der Waals surface area contributed by atoms with Crippen LogP contribution in [0.25, 0.3) is 0 Å². The van der Waals surface area contributed by atoms with Gasteiger partial charge in [0.05, 0.1) is 18.2 Å². The number of carboxylic acid groups (broad SMARTS) is 1. The molecule has 0 bridgehead atoms. The maximum absolute atomic E-state index is 11.6. The van der Waals surface area contributed by atoms with Crippen molar-refractivity contribution in [1.82, 2.24) is 5.32 Å². The van der Waals surface area contributed by atoms with Gasteiger partial charge in [0.2, 0.25) is 0 Å². The van der Waals surface area contributed by atoms with Gasteiger partial charge in [-0.2, -0.15) is 0 Å². The number of carbonyl (C=O) groups excluding carboxylic acids is 1. The number of hydrogen-bond acceptors (Lipinski definition) is 3. The molecular formula is C12H15BrN2O4. The van der Waals surface area contributed by atoms with Crippen molar-refractivity contribution in [3.63, 3.8) is 0 Å².